The van der Waals surface area contributed by atoms with Crippen LogP contribution in [0.25, 0.3) is 0 Å². The first kappa shape index (κ1) is 16.9. The molecule has 0 aromatic heterocycles. The number of carbonyl (C=O) groups is 1. The number of carbonyl (C=O) groups excluding carboxylic acids is 1. The Morgan fingerprint density at radius 2 is 2.05 bits per heavy atom. The van der Waals surface area contributed by atoms with Crippen molar-refractivity contribution in [2.75, 3.05) is 20.7 Å². The van der Waals surface area contributed by atoms with Crippen molar-refractivity contribution >= 4 is 18.2 Å². The number of hydrogen-bond donors (Lipinski definition) is 0. The Morgan fingerprint density at radius 3 is 2.62 bits per heavy atom. The van der Waals surface area contributed by atoms with E-state index in [0.29, 0.717) is 0 Å². The van der Waals surface area contributed by atoms with Gasteiger partial charge in [0.2, 0.25) is 0 Å². The first-order valence-corrected chi connectivity index (χ1v) is 6.52. The van der Waals surface area contributed by atoms with Crippen LogP contribution in [-0.2, 0) is 4.74 Å². The minimum Gasteiger partial charge on any atom is -0.433 e. The van der Waals surface area contributed by atoms with Crippen LogP contribution in [0.4, 0.5) is 14.9 Å². The summed E-state index contributed by atoms with van der Waals surface area (Å²) < 4.78 is 23.5. The molecule has 5 nitrogen and oxygen atoms in total. The van der Waals surface area contributed by atoms with Gasteiger partial charge in [-0.25, -0.2) is 14.2 Å². The van der Waals surface area contributed by atoms with Crippen LogP contribution in [0.5, 0.6) is 5.75 Å². The Bertz CT molecular complexity index is 522. The number of aliphatic imine (C=N–C) groups is 1. The van der Waals surface area contributed by atoms with Gasteiger partial charge >= 0.3 is 6.16 Å². The maximum Gasteiger partial charge on any atom is 0.513 e. The average Bonchev–Trinajstić information content (AvgIpc) is 2.36. The summed E-state index contributed by atoms with van der Waals surface area (Å²) in [6.07, 6.45) is 0.638. The van der Waals surface area contributed by atoms with Gasteiger partial charge in [0.05, 0.1) is 12.9 Å². The van der Waals surface area contributed by atoms with Gasteiger partial charge in [-0.2, -0.15) is 0 Å². The van der Waals surface area contributed by atoms with Gasteiger partial charge in [-0.05, 0) is 17.5 Å². The van der Waals surface area contributed by atoms with Crippen molar-refractivity contribution in [3.63, 3.8) is 0 Å². The molecule has 0 amide bonds. The Hall–Kier alpha value is -2.11. The third-order valence-corrected chi connectivity index (χ3v) is 2.17. The standard InChI is InChI=1S/C15H21FN2O3/c1-15(2,3)9-20-14(19)21-11-6-7-12(16)13(8-11)17-10-18(4)5/h6-8,10H,9H2,1-5H3/b17-10+. The molecule has 0 saturated carbocycles. The molecule has 1 rings (SSSR count). The van der Waals surface area contributed by atoms with E-state index in [9.17, 15) is 9.18 Å². The van der Waals surface area contributed by atoms with Crippen molar-refractivity contribution in [3.05, 3.63) is 24.0 Å². The quantitative estimate of drug-likeness (QED) is 0.368. The number of rotatable bonds is 4. The first-order chi connectivity index (χ1) is 9.67. The molecule has 21 heavy (non-hydrogen) atoms. The summed E-state index contributed by atoms with van der Waals surface area (Å²) in [6.45, 7) is 6.05. The molecule has 0 aliphatic heterocycles. The number of hydrogen-bond acceptors (Lipinski definition) is 4. The predicted octanol–water partition coefficient (Wildman–Crippen LogP) is 3.61. The summed E-state index contributed by atoms with van der Waals surface area (Å²) in [5.41, 5.74) is -0.0620. The second-order valence-corrected chi connectivity index (χ2v) is 6.02. The van der Waals surface area contributed by atoms with Gasteiger partial charge in [-0.3, -0.25) is 0 Å². The summed E-state index contributed by atoms with van der Waals surface area (Å²) in [7, 11) is 3.54. The zero-order valence-electron chi connectivity index (χ0n) is 13.0. The van der Waals surface area contributed by atoms with Gasteiger partial charge < -0.3 is 14.4 Å². The lowest BCUT2D eigenvalue weighted by molar-refractivity contribution is 0.0685. The van der Waals surface area contributed by atoms with Crippen LogP contribution in [0.15, 0.2) is 23.2 Å². The van der Waals surface area contributed by atoms with E-state index < -0.39 is 12.0 Å². The van der Waals surface area contributed by atoms with Crippen LogP contribution in [0, 0.1) is 11.2 Å². The van der Waals surface area contributed by atoms with E-state index in [1.54, 1.807) is 19.0 Å². The molecular weight excluding hydrogens is 275 g/mol. The first-order valence-electron chi connectivity index (χ1n) is 6.52. The van der Waals surface area contributed by atoms with E-state index in [2.05, 4.69) is 4.99 Å². The Balaban J connectivity index is 2.72. The molecule has 0 unspecified atom stereocenters. The topological polar surface area (TPSA) is 51.1 Å². The minimum atomic E-state index is -0.820. The van der Waals surface area contributed by atoms with Crippen molar-refractivity contribution in [1.82, 2.24) is 4.90 Å². The van der Waals surface area contributed by atoms with Crippen molar-refractivity contribution < 1.29 is 18.7 Å². The maximum absolute atomic E-state index is 13.6. The molecule has 0 heterocycles. The van der Waals surface area contributed by atoms with Crippen LogP contribution in [-0.4, -0.2) is 38.1 Å². The van der Waals surface area contributed by atoms with Crippen LogP contribution in [0.2, 0.25) is 0 Å². The summed E-state index contributed by atoms with van der Waals surface area (Å²) in [4.78, 5) is 17.2. The molecule has 0 radical (unpaired) electrons. The highest BCUT2D eigenvalue weighted by atomic mass is 19.1. The lowest BCUT2D eigenvalue weighted by Crippen LogP contribution is -2.20. The molecule has 0 aliphatic carbocycles. The summed E-state index contributed by atoms with van der Waals surface area (Å²) in [5.74, 6) is -0.315. The van der Waals surface area contributed by atoms with Crippen LogP contribution >= 0.6 is 0 Å². The van der Waals surface area contributed by atoms with Crippen molar-refractivity contribution in [3.8, 4) is 5.75 Å². The van der Waals surface area contributed by atoms with Crippen molar-refractivity contribution in [2.45, 2.75) is 20.8 Å². The predicted molar refractivity (Wildman–Crippen MR) is 79.7 cm³/mol. The van der Waals surface area contributed by atoms with Crippen LogP contribution in [0.3, 0.4) is 0 Å². The van der Waals surface area contributed by atoms with Crippen molar-refractivity contribution in [2.24, 2.45) is 10.4 Å². The number of ether oxygens (including phenoxy) is 2. The van der Waals surface area contributed by atoms with E-state index in [1.165, 1.54) is 24.5 Å². The Kier molecular flexibility index (Phi) is 5.69. The summed E-state index contributed by atoms with van der Waals surface area (Å²) in [6, 6.07) is 3.88. The summed E-state index contributed by atoms with van der Waals surface area (Å²) in [5, 5.41) is 0. The SMILES string of the molecule is CN(C)/C=N/c1cc(OC(=O)OCC(C)(C)C)ccc1F. The molecule has 1 aromatic rings. The molecule has 0 fully saturated rings. The highest BCUT2D eigenvalue weighted by Crippen LogP contribution is 2.24. The average molecular weight is 296 g/mol. The molecule has 0 N–H and O–H groups in total. The minimum absolute atomic E-state index is 0.0878. The monoisotopic (exact) mass is 296 g/mol. The van der Waals surface area contributed by atoms with E-state index in [-0.39, 0.29) is 23.5 Å². The fraction of sp³-hybridized carbons (Fsp3) is 0.467. The van der Waals surface area contributed by atoms with E-state index in [4.69, 9.17) is 9.47 Å². The van der Waals surface area contributed by atoms with Gasteiger partial charge in [0, 0.05) is 20.2 Å². The van der Waals surface area contributed by atoms with Gasteiger partial charge in [-0.15, -0.1) is 0 Å². The summed E-state index contributed by atoms with van der Waals surface area (Å²) >= 11 is 0. The van der Waals surface area contributed by atoms with E-state index in [0.717, 1.165) is 0 Å². The third kappa shape index (κ3) is 6.74. The second-order valence-electron chi connectivity index (χ2n) is 6.02. The molecule has 0 bridgehead atoms. The molecule has 0 atom stereocenters. The van der Waals surface area contributed by atoms with Crippen LogP contribution < -0.4 is 4.74 Å². The van der Waals surface area contributed by atoms with Gasteiger partial charge in [0.25, 0.3) is 0 Å². The fourth-order valence-electron chi connectivity index (χ4n) is 1.23. The van der Waals surface area contributed by atoms with Crippen molar-refractivity contribution in [1.29, 1.82) is 0 Å². The number of nitrogens with zero attached hydrogens (tertiary/aromatic N) is 2. The normalized spacial score (nSPS) is 11.5. The lowest BCUT2D eigenvalue weighted by Gasteiger charge is -2.17. The largest absolute Gasteiger partial charge is 0.513 e. The lowest BCUT2D eigenvalue weighted by atomic mass is 9.99. The van der Waals surface area contributed by atoms with E-state index in [1.807, 2.05) is 20.8 Å². The molecule has 116 valence electrons. The maximum atomic E-state index is 13.6. The zero-order chi connectivity index (χ0) is 16.0. The smallest absolute Gasteiger partial charge is 0.433 e. The molecule has 0 saturated heterocycles. The number of halogens is 1. The van der Waals surface area contributed by atoms with Gasteiger partial charge in [-0.1, -0.05) is 20.8 Å². The highest BCUT2D eigenvalue weighted by molar-refractivity contribution is 5.66. The molecular formula is C15H21FN2O3. The number of benzene rings is 1. The highest BCUT2D eigenvalue weighted by Gasteiger charge is 2.15. The fourth-order valence-corrected chi connectivity index (χ4v) is 1.23. The Morgan fingerprint density at radius 1 is 1.38 bits per heavy atom. The zero-order valence-corrected chi connectivity index (χ0v) is 13.0. The van der Waals surface area contributed by atoms with Gasteiger partial charge in [0.1, 0.15) is 17.3 Å². The van der Waals surface area contributed by atoms with Gasteiger partial charge in [0.15, 0.2) is 0 Å². The molecule has 1 aromatic carbocycles. The second kappa shape index (κ2) is 7.06. The Labute approximate surface area is 124 Å². The molecule has 0 aliphatic rings. The third-order valence-electron chi connectivity index (χ3n) is 2.17. The molecule has 6 heteroatoms. The molecule has 0 spiro atoms. The van der Waals surface area contributed by atoms with E-state index >= 15 is 0 Å². The van der Waals surface area contributed by atoms with Crippen LogP contribution in [0.1, 0.15) is 20.8 Å².